The zero-order chi connectivity index (χ0) is 18.2. The van der Waals surface area contributed by atoms with Crippen LogP contribution in [0.15, 0.2) is 72.3 Å². The number of hydrogen-bond donors (Lipinski definition) is 1. The van der Waals surface area contributed by atoms with Gasteiger partial charge in [0.15, 0.2) is 0 Å². The van der Waals surface area contributed by atoms with Gasteiger partial charge in [0.1, 0.15) is 0 Å². The molecular formula is C21H24NO3P. The molecule has 136 valence electrons. The van der Waals surface area contributed by atoms with Gasteiger partial charge in [-0.2, -0.15) is 0 Å². The van der Waals surface area contributed by atoms with Gasteiger partial charge in [0, 0.05) is 34.0 Å². The zero-order valence-electron chi connectivity index (χ0n) is 14.7. The normalized spacial score (nSPS) is 15.5. The number of carboxylic acids is 1. The van der Waals surface area contributed by atoms with Crippen molar-refractivity contribution < 1.29 is 14.4 Å². The Morgan fingerprint density at radius 3 is 2.27 bits per heavy atom. The summed E-state index contributed by atoms with van der Waals surface area (Å²) in [5, 5.41) is 9.13. The first kappa shape index (κ1) is 18.8. The van der Waals surface area contributed by atoms with Crippen molar-refractivity contribution >= 4 is 14.8 Å². The van der Waals surface area contributed by atoms with Gasteiger partial charge in [0.25, 0.3) is 0 Å². The Balaban J connectivity index is 1.54. The fraction of sp³-hybridized carbons (Fsp3) is 0.286. The Bertz CT molecular complexity index is 694. The second-order valence-electron chi connectivity index (χ2n) is 6.32. The van der Waals surface area contributed by atoms with Crippen LogP contribution < -0.4 is 0 Å². The molecule has 0 saturated carbocycles. The maximum absolute atomic E-state index is 11.1. The molecule has 5 heteroatoms. The average Bonchev–Trinajstić information content (AvgIpc) is 2.69. The fourth-order valence-corrected chi connectivity index (χ4v) is 4.12. The predicted octanol–water partition coefficient (Wildman–Crippen LogP) is 4.10. The Hall–Kier alpha value is -2.00. The lowest BCUT2D eigenvalue weighted by atomic mass is 10.0. The summed E-state index contributed by atoms with van der Waals surface area (Å²) in [4.78, 5) is 13.3. The van der Waals surface area contributed by atoms with Gasteiger partial charge >= 0.3 is 5.97 Å². The molecule has 2 aromatic rings. The van der Waals surface area contributed by atoms with E-state index in [2.05, 4.69) is 53.4 Å². The molecule has 0 aromatic heterocycles. The lowest BCUT2D eigenvalue weighted by Crippen LogP contribution is -2.34. The Labute approximate surface area is 156 Å². The van der Waals surface area contributed by atoms with E-state index in [1.807, 2.05) is 18.2 Å². The van der Waals surface area contributed by atoms with Gasteiger partial charge in [-0.05, 0) is 17.5 Å². The van der Waals surface area contributed by atoms with Crippen LogP contribution in [0.1, 0.15) is 23.2 Å². The molecule has 0 saturated heterocycles. The van der Waals surface area contributed by atoms with E-state index in [0.29, 0.717) is 27.5 Å². The summed E-state index contributed by atoms with van der Waals surface area (Å²) in [5.74, 6) is -0.814. The minimum Gasteiger partial charge on any atom is -0.478 e. The third kappa shape index (κ3) is 5.25. The summed E-state index contributed by atoms with van der Waals surface area (Å²) >= 11 is 0. The monoisotopic (exact) mass is 369 g/mol. The highest BCUT2D eigenvalue weighted by Crippen LogP contribution is 2.40. The largest absolute Gasteiger partial charge is 0.478 e. The van der Waals surface area contributed by atoms with Crippen LogP contribution in [-0.2, 0) is 9.32 Å². The number of rotatable bonds is 8. The van der Waals surface area contributed by atoms with E-state index >= 15 is 0 Å². The molecule has 0 fully saturated rings. The summed E-state index contributed by atoms with van der Waals surface area (Å²) in [7, 11) is 0.331. The van der Waals surface area contributed by atoms with E-state index < -0.39 is 5.97 Å². The molecule has 0 bridgehead atoms. The SMILES string of the molecule is O=C(O)C1=CCCN(CCOPC(c2ccccc2)c2ccccc2)C1. The quantitative estimate of drug-likeness (QED) is 0.562. The number of nitrogens with zero attached hydrogens (tertiary/aromatic N) is 1. The van der Waals surface area contributed by atoms with Crippen LogP contribution in [0.25, 0.3) is 0 Å². The molecule has 1 aliphatic rings. The van der Waals surface area contributed by atoms with E-state index in [-0.39, 0.29) is 5.66 Å². The molecule has 1 N–H and O–H groups in total. The molecule has 0 spiro atoms. The molecule has 0 aliphatic carbocycles. The van der Waals surface area contributed by atoms with E-state index in [0.717, 1.165) is 19.5 Å². The van der Waals surface area contributed by atoms with Gasteiger partial charge in [-0.1, -0.05) is 66.7 Å². The lowest BCUT2D eigenvalue weighted by Gasteiger charge is -2.26. The maximum Gasteiger partial charge on any atom is 0.332 e. The number of aliphatic carboxylic acids is 1. The summed E-state index contributed by atoms with van der Waals surface area (Å²) in [5.41, 5.74) is 3.23. The number of benzene rings is 2. The summed E-state index contributed by atoms with van der Waals surface area (Å²) in [6.45, 7) is 2.77. The van der Waals surface area contributed by atoms with E-state index in [1.165, 1.54) is 11.1 Å². The van der Waals surface area contributed by atoms with Gasteiger partial charge in [0.2, 0.25) is 0 Å². The smallest absolute Gasteiger partial charge is 0.332 e. The van der Waals surface area contributed by atoms with Gasteiger partial charge in [-0.15, -0.1) is 0 Å². The predicted molar refractivity (Wildman–Crippen MR) is 106 cm³/mol. The van der Waals surface area contributed by atoms with Gasteiger partial charge in [0.05, 0.1) is 12.3 Å². The molecule has 0 radical (unpaired) electrons. The van der Waals surface area contributed by atoms with Gasteiger partial charge in [-0.25, -0.2) is 4.79 Å². The highest BCUT2D eigenvalue weighted by molar-refractivity contribution is 7.33. The van der Waals surface area contributed by atoms with E-state index in [4.69, 9.17) is 9.63 Å². The highest BCUT2D eigenvalue weighted by atomic mass is 31.1. The third-order valence-electron chi connectivity index (χ3n) is 4.48. The molecular weight excluding hydrogens is 345 g/mol. The van der Waals surface area contributed by atoms with Crippen LogP contribution in [0.5, 0.6) is 0 Å². The zero-order valence-corrected chi connectivity index (χ0v) is 15.7. The average molecular weight is 369 g/mol. The molecule has 26 heavy (non-hydrogen) atoms. The van der Waals surface area contributed by atoms with Crippen LogP contribution in [0.2, 0.25) is 0 Å². The number of carboxylic acid groups (broad SMARTS) is 1. The minimum absolute atomic E-state index is 0.230. The summed E-state index contributed by atoms with van der Waals surface area (Å²) in [6.07, 6.45) is 2.61. The molecule has 1 atom stereocenters. The van der Waals surface area contributed by atoms with Crippen molar-refractivity contribution in [1.82, 2.24) is 4.90 Å². The van der Waals surface area contributed by atoms with E-state index in [1.54, 1.807) is 0 Å². The van der Waals surface area contributed by atoms with E-state index in [9.17, 15) is 4.79 Å². The van der Waals surface area contributed by atoms with Crippen molar-refractivity contribution in [1.29, 1.82) is 0 Å². The number of carbonyl (C=O) groups is 1. The molecule has 0 amide bonds. The van der Waals surface area contributed by atoms with Crippen LogP contribution in [0.3, 0.4) is 0 Å². The van der Waals surface area contributed by atoms with Crippen molar-refractivity contribution in [3.63, 3.8) is 0 Å². The van der Waals surface area contributed by atoms with Crippen molar-refractivity contribution in [3.05, 3.63) is 83.4 Å². The minimum atomic E-state index is -0.814. The standard InChI is InChI=1S/C21H24NO3P/c23-21(24)19-12-7-13-22(16-19)14-15-25-26-20(17-8-3-1-4-9-17)18-10-5-2-6-11-18/h1-6,8-12,20,26H,7,13-16H2,(H,23,24). The number of hydrogen-bond acceptors (Lipinski definition) is 3. The Morgan fingerprint density at radius 1 is 1.08 bits per heavy atom. The lowest BCUT2D eigenvalue weighted by molar-refractivity contribution is -0.133. The molecule has 1 unspecified atom stereocenters. The third-order valence-corrected chi connectivity index (χ3v) is 5.75. The van der Waals surface area contributed by atoms with Crippen LogP contribution >= 0.6 is 8.81 Å². The first-order valence-electron chi connectivity index (χ1n) is 8.86. The summed E-state index contributed by atoms with van der Waals surface area (Å²) < 4.78 is 6.02. The Morgan fingerprint density at radius 2 is 1.69 bits per heavy atom. The van der Waals surface area contributed by atoms with Crippen molar-refractivity contribution in [2.75, 3.05) is 26.2 Å². The van der Waals surface area contributed by atoms with Crippen LogP contribution in [0, 0.1) is 0 Å². The molecule has 3 rings (SSSR count). The first-order chi connectivity index (χ1) is 12.7. The topological polar surface area (TPSA) is 49.8 Å². The fourth-order valence-electron chi connectivity index (χ4n) is 3.09. The maximum atomic E-state index is 11.1. The molecule has 1 aliphatic heterocycles. The van der Waals surface area contributed by atoms with Crippen LogP contribution in [0.4, 0.5) is 0 Å². The molecule has 2 aromatic carbocycles. The second kappa shape index (κ2) is 9.63. The van der Waals surface area contributed by atoms with Crippen LogP contribution in [-0.4, -0.2) is 42.2 Å². The van der Waals surface area contributed by atoms with Crippen molar-refractivity contribution in [2.24, 2.45) is 0 Å². The molecule has 1 heterocycles. The second-order valence-corrected chi connectivity index (χ2v) is 7.42. The van der Waals surface area contributed by atoms with Gasteiger partial charge in [-0.3, -0.25) is 4.90 Å². The first-order valence-corrected chi connectivity index (χ1v) is 9.84. The highest BCUT2D eigenvalue weighted by Gasteiger charge is 2.18. The van der Waals surface area contributed by atoms with Crippen molar-refractivity contribution in [2.45, 2.75) is 12.1 Å². The van der Waals surface area contributed by atoms with Gasteiger partial charge < -0.3 is 9.63 Å². The Kier molecular flexibility index (Phi) is 6.96. The van der Waals surface area contributed by atoms with Crippen molar-refractivity contribution in [3.8, 4) is 0 Å². The molecule has 4 nitrogen and oxygen atoms in total. The summed E-state index contributed by atoms with van der Waals surface area (Å²) in [6, 6.07) is 20.9.